The van der Waals surface area contributed by atoms with E-state index in [4.69, 9.17) is 0 Å². The molecule has 1 aromatic rings. The van der Waals surface area contributed by atoms with Gasteiger partial charge in [0, 0.05) is 0 Å². The molecule has 3 rings (SSSR count). The Kier molecular flexibility index (Phi) is 3.71. The fraction of sp³-hybridized carbons (Fsp3) is 0.714. The van der Waals surface area contributed by atoms with Gasteiger partial charge in [0.15, 0.2) is 0 Å². The van der Waals surface area contributed by atoms with Crippen molar-refractivity contribution in [1.82, 2.24) is 0 Å². The lowest BCUT2D eigenvalue weighted by Gasteiger charge is -2.55. The third kappa shape index (κ3) is 2.26. The maximum absolute atomic E-state index is 2.57. The van der Waals surface area contributed by atoms with Gasteiger partial charge in [-0.25, -0.2) is 0 Å². The molecule has 116 valence electrons. The molecule has 21 heavy (non-hydrogen) atoms. The van der Waals surface area contributed by atoms with E-state index >= 15 is 0 Å². The van der Waals surface area contributed by atoms with Crippen LogP contribution in [-0.2, 0) is 11.8 Å². The first-order valence-corrected chi connectivity index (χ1v) is 9.04. The number of aryl methyl sites for hydroxylation is 1. The minimum Gasteiger partial charge on any atom is -0.0649 e. The minimum absolute atomic E-state index is 0.423. The fourth-order valence-electron chi connectivity index (χ4n) is 5.43. The fourth-order valence-corrected chi connectivity index (χ4v) is 5.43. The Labute approximate surface area is 131 Å². The topological polar surface area (TPSA) is 0 Å². The molecule has 0 nitrogen and oxygen atoms in total. The molecule has 0 heteroatoms. The monoisotopic (exact) mass is 284 g/mol. The number of benzene rings is 1. The molecule has 0 radical (unpaired) electrons. The van der Waals surface area contributed by atoms with Crippen LogP contribution in [0.25, 0.3) is 0 Å². The molecule has 0 aromatic heterocycles. The van der Waals surface area contributed by atoms with E-state index < -0.39 is 0 Å². The zero-order valence-electron chi connectivity index (χ0n) is 14.6. The highest BCUT2D eigenvalue weighted by atomic mass is 14.5. The van der Waals surface area contributed by atoms with Gasteiger partial charge in [0.1, 0.15) is 0 Å². The van der Waals surface area contributed by atoms with Crippen molar-refractivity contribution in [3.05, 3.63) is 34.9 Å². The Morgan fingerprint density at radius 3 is 2.62 bits per heavy atom. The Morgan fingerprint density at radius 2 is 1.95 bits per heavy atom. The van der Waals surface area contributed by atoms with E-state index in [2.05, 4.69) is 52.8 Å². The molecule has 1 saturated carbocycles. The van der Waals surface area contributed by atoms with Gasteiger partial charge < -0.3 is 0 Å². The normalized spacial score (nSPS) is 35.4. The molecule has 1 aromatic carbocycles. The van der Waals surface area contributed by atoms with E-state index in [-0.39, 0.29) is 0 Å². The van der Waals surface area contributed by atoms with Gasteiger partial charge in [0.25, 0.3) is 0 Å². The van der Waals surface area contributed by atoms with Crippen LogP contribution in [0.4, 0.5) is 0 Å². The summed E-state index contributed by atoms with van der Waals surface area (Å²) in [5.41, 5.74) is 5.83. The van der Waals surface area contributed by atoms with Gasteiger partial charge >= 0.3 is 0 Å². The molecule has 0 saturated heterocycles. The van der Waals surface area contributed by atoms with Crippen LogP contribution >= 0.6 is 0 Å². The lowest BCUT2D eigenvalue weighted by atomic mass is 9.49. The van der Waals surface area contributed by atoms with Crippen molar-refractivity contribution in [2.24, 2.45) is 11.3 Å². The van der Waals surface area contributed by atoms with E-state index in [1.165, 1.54) is 44.1 Å². The van der Waals surface area contributed by atoms with Gasteiger partial charge in [-0.3, -0.25) is 0 Å². The maximum atomic E-state index is 2.57. The van der Waals surface area contributed by atoms with Crippen molar-refractivity contribution in [1.29, 1.82) is 0 Å². The highest BCUT2D eigenvalue weighted by molar-refractivity contribution is 5.42. The first kappa shape index (κ1) is 15.1. The van der Waals surface area contributed by atoms with Gasteiger partial charge in [0.05, 0.1) is 0 Å². The molecular weight excluding hydrogens is 252 g/mol. The number of hydrogen-bond donors (Lipinski definition) is 0. The standard InChI is InChI=1S/C21H32/c1-6-20(4)12-7-13-21(5)18-10-8-16(15(2)3)14-17(18)9-11-19(20)21/h8,10,14-15,19H,6-7,9,11-13H2,1-5H3. The SMILES string of the molecule is CCC1(C)CCCC2(C)c3ccc(C(C)C)cc3CCC12. The average Bonchev–Trinajstić information content (AvgIpc) is 2.46. The second-order valence-corrected chi connectivity index (χ2v) is 8.44. The van der Waals surface area contributed by atoms with Gasteiger partial charge in [-0.1, -0.05) is 65.7 Å². The Morgan fingerprint density at radius 1 is 1.19 bits per heavy atom. The van der Waals surface area contributed by atoms with Crippen LogP contribution in [0.15, 0.2) is 18.2 Å². The van der Waals surface area contributed by atoms with Gasteiger partial charge in [0.2, 0.25) is 0 Å². The molecule has 0 bridgehead atoms. The van der Waals surface area contributed by atoms with Crippen LogP contribution in [0.1, 0.15) is 89.3 Å². The van der Waals surface area contributed by atoms with E-state index in [0.717, 1.165) is 5.92 Å². The molecule has 0 aliphatic heterocycles. The summed E-state index contributed by atoms with van der Waals surface area (Å²) >= 11 is 0. The Balaban J connectivity index is 2.05. The molecule has 2 aliphatic rings. The average molecular weight is 284 g/mol. The van der Waals surface area contributed by atoms with Gasteiger partial charge in [-0.2, -0.15) is 0 Å². The molecule has 2 aliphatic carbocycles. The predicted molar refractivity (Wildman–Crippen MR) is 91.9 cm³/mol. The molecule has 0 heterocycles. The summed E-state index contributed by atoms with van der Waals surface area (Å²) in [6.07, 6.45) is 8.26. The molecule has 0 amide bonds. The lowest BCUT2D eigenvalue weighted by Crippen LogP contribution is -2.48. The van der Waals surface area contributed by atoms with Crippen LogP contribution < -0.4 is 0 Å². The predicted octanol–water partition coefficient (Wildman–Crippen LogP) is 6.23. The minimum atomic E-state index is 0.423. The summed E-state index contributed by atoms with van der Waals surface area (Å²) in [5.74, 6) is 1.52. The first-order chi connectivity index (χ1) is 9.90. The van der Waals surface area contributed by atoms with E-state index in [0.29, 0.717) is 16.7 Å². The van der Waals surface area contributed by atoms with Crippen molar-refractivity contribution in [2.75, 3.05) is 0 Å². The summed E-state index contributed by atoms with van der Waals surface area (Å²) in [6.45, 7) is 12.1. The molecule has 3 atom stereocenters. The summed E-state index contributed by atoms with van der Waals surface area (Å²) < 4.78 is 0. The molecule has 3 unspecified atom stereocenters. The summed E-state index contributed by atoms with van der Waals surface area (Å²) in [6, 6.07) is 7.40. The largest absolute Gasteiger partial charge is 0.0649 e. The van der Waals surface area contributed by atoms with Crippen molar-refractivity contribution in [2.45, 2.75) is 84.5 Å². The van der Waals surface area contributed by atoms with Crippen LogP contribution in [-0.4, -0.2) is 0 Å². The Hall–Kier alpha value is -0.780. The molecular formula is C21H32. The second-order valence-electron chi connectivity index (χ2n) is 8.44. The third-order valence-corrected chi connectivity index (χ3v) is 6.98. The maximum Gasteiger partial charge on any atom is -0.00390 e. The lowest BCUT2D eigenvalue weighted by molar-refractivity contribution is 0.0226. The number of hydrogen-bond acceptors (Lipinski definition) is 0. The molecule has 0 spiro atoms. The third-order valence-electron chi connectivity index (χ3n) is 6.98. The highest BCUT2D eigenvalue weighted by Gasteiger charge is 2.50. The zero-order chi connectivity index (χ0) is 15.3. The van der Waals surface area contributed by atoms with Crippen LogP contribution in [0.2, 0.25) is 0 Å². The van der Waals surface area contributed by atoms with Crippen molar-refractivity contribution in [3.8, 4) is 0 Å². The summed E-state index contributed by atoms with van der Waals surface area (Å²) in [5, 5.41) is 0. The van der Waals surface area contributed by atoms with Crippen molar-refractivity contribution < 1.29 is 0 Å². The number of fused-ring (bicyclic) bond motifs is 3. The van der Waals surface area contributed by atoms with E-state index in [1.807, 2.05) is 0 Å². The van der Waals surface area contributed by atoms with Gasteiger partial charge in [-0.05, 0) is 65.0 Å². The zero-order valence-corrected chi connectivity index (χ0v) is 14.6. The quantitative estimate of drug-likeness (QED) is 0.604. The highest BCUT2D eigenvalue weighted by Crippen LogP contribution is 2.58. The molecule has 0 N–H and O–H groups in total. The van der Waals surface area contributed by atoms with Crippen LogP contribution in [0.3, 0.4) is 0 Å². The second kappa shape index (κ2) is 5.14. The molecule has 1 fully saturated rings. The van der Waals surface area contributed by atoms with Crippen LogP contribution in [0.5, 0.6) is 0 Å². The van der Waals surface area contributed by atoms with E-state index in [1.54, 1.807) is 11.1 Å². The van der Waals surface area contributed by atoms with Crippen molar-refractivity contribution >= 4 is 0 Å². The van der Waals surface area contributed by atoms with E-state index in [9.17, 15) is 0 Å². The van der Waals surface area contributed by atoms with Crippen molar-refractivity contribution in [3.63, 3.8) is 0 Å². The van der Waals surface area contributed by atoms with Gasteiger partial charge in [-0.15, -0.1) is 0 Å². The number of rotatable bonds is 2. The first-order valence-electron chi connectivity index (χ1n) is 9.04. The smallest absolute Gasteiger partial charge is 0.00390 e. The summed E-state index contributed by atoms with van der Waals surface area (Å²) in [4.78, 5) is 0. The Bertz CT molecular complexity index is 527. The van der Waals surface area contributed by atoms with Crippen LogP contribution in [0, 0.1) is 11.3 Å². The summed E-state index contributed by atoms with van der Waals surface area (Å²) in [7, 11) is 0.